The average molecular weight is 367 g/mol. The molecular formula is C19H25N7O+2. The lowest BCUT2D eigenvalue weighted by Gasteiger charge is -2.27. The van der Waals surface area contributed by atoms with Crippen molar-refractivity contribution < 1.29 is 14.7 Å². The molecule has 0 radical (unpaired) electrons. The predicted octanol–water partition coefficient (Wildman–Crippen LogP) is -0.386. The van der Waals surface area contributed by atoms with Gasteiger partial charge in [0.25, 0.3) is 5.82 Å². The van der Waals surface area contributed by atoms with Gasteiger partial charge >= 0.3 is 0 Å². The molecular weight excluding hydrogens is 342 g/mol. The summed E-state index contributed by atoms with van der Waals surface area (Å²) >= 11 is 0. The van der Waals surface area contributed by atoms with E-state index in [9.17, 15) is 4.79 Å². The summed E-state index contributed by atoms with van der Waals surface area (Å²) in [7, 11) is 0. The summed E-state index contributed by atoms with van der Waals surface area (Å²) in [5.74, 6) is 1.96. The van der Waals surface area contributed by atoms with Gasteiger partial charge in [0, 0.05) is 23.0 Å². The zero-order chi connectivity index (χ0) is 18.8. The maximum absolute atomic E-state index is 12.9. The summed E-state index contributed by atoms with van der Waals surface area (Å²) in [5.41, 5.74) is 2.66. The first-order chi connectivity index (χ1) is 13.1. The van der Waals surface area contributed by atoms with E-state index in [1.54, 1.807) is 0 Å². The lowest BCUT2D eigenvalue weighted by atomic mass is 10.1. The van der Waals surface area contributed by atoms with E-state index in [1.165, 1.54) is 11.2 Å². The molecule has 8 heteroatoms. The minimum atomic E-state index is 0.184. The van der Waals surface area contributed by atoms with Gasteiger partial charge in [-0.2, -0.15) is 10.1 Å². The Balaban J connectivity index is 1.41. The summed E-state index contributed by atoms with van der Waals surface area (Å²) in [4.78, 5) is 24.1. The molecule has 3 aromatic rings. The van der Waals surface area contributed by atoms with E-state index in [2.05, 4.69) is 31.1 Å². The number of carbonyl (C=O) groups excluding carboxylic acids is 1. The Morgan fingerprint density at radius 2 is 2.11 bits per heavy atom. The van der Waals surface area contributed by atoms with Gasteiger partial charge in [-0.3, -0.25) is 14.3 Å². The van der Waals surface area contributed by atoms with Crippen LogP contribution in [0.3, 0.4) is 0 Å². The molecule has 1 aliphatic heterocycles. The van der Waals surface area contributed by atoms with Gasteiger partial charge in [0.05, 0.1) is 6.20 Å². The summed E-state index contributed by atoms with van der Waals surface area (Å²) < 4.78 is 1.94. The summed E-state index contributed by atoms with van der Waals surface area (Å²) in [6, 6.07) is 8.07. The van der Waals surface area contributed by atoms with Crippen LogP contribution in [0.2, 0.25) is 0 Å². The second-order valence-corrected chi connectivity index (χ2v) is 7.01. The third-order valence-corrected chi connectivity index (χ3v) is 5.26. The molecule has 3 aromatic heterocycles. The van der Waals surface area contributed by atoms with E-state index in [4.69, 9.17) is 0 Å². The minimum Gasteiger partial charge on any atom is -0.322 e. The first-order valence-corrected chi connectivity index (χ1v) is 9.26. The summed E-state index contributed by atoms with van der Waals surface area (Å²) in [6.45, 7) is 8.26. The van der Waals surface area contributed by atoms with Gasteiger partial charge in [-0.25, -0.2) is 10.1 Å². The van der Waals surface area contributed by atoms with Crippen molar-refractivity contribution in [3.8, 4) is 5.95 Å². The van der Waals surface area contributed by atoms with Crippen LogP contribution >= 0.6 is 0 Å². The van der Waals surface area contributed by atoms with E-state index in [0.717, 1.165) is 48.9 Å². The van der Waals surface area contributed by atoms with Gasteiger partial charge in [-0.05, 0) is 26.0 Å². The third kappa shape index (κ3) is 3.48. The largest absolute Gasteiger partial charge is 0.322 e. The monoisotopic (exact) mass is 367 g/mol. The molecule has 0 unspecified atom stereocenters. The first-order valence-electron chi connectivity index (χ1n) is 9.26. The number of nitrogens with one attached hydrogen (secondary N) is 3. The average Bonchev–Trinajstić information content (AvgIpc) is 3.31. The number of hydrogen-bond donors (Lipinski definition) is 2. The number of aryl methyl sites for hydroxylation is 1. The highest BCUT2D eigenvalue weighted by atomic mass is 16.1. The predicted molar refractivity (Wildman–Crippen MR) is 100 cm³/mol. The van der Waals surface area contributed by atoms with Crippen LogP contribution in [0, 0.1) is 13.8 Å². The number of nitrogens with zero attached hydrogens (tertiary/aromatic N) is 4. The van der Waals surface area contributed by atoms with Gasteiger partial charge in [-0.15, -0.1) is 0 Å². The standard InChI is InChI=1S/C19H23N7O/c1-14-11-16(15(2)26(14)19-21-13-22-23-19)17(27)12-24-7-9-25(10-8-24)18-5-3-4-6-20-18/h3-6,11,13H,7-10,12H2,1-2H3,(H,21,22,23)/p+2. The molecule has 8 nitrogen and oxygen atoms in total. The van der Waals surface area contributed by atoms with Crippen LogP contribution in [-0.4, -0.2) is 58.3 Å². The highest BCUT2D eigenvalue weighted by Crippen LogP contribution is 2.18. The molecule has 0 spiro atoms. The fraction of sp³-hybridized carbons (Fsp3) is 0.368. The summed E-state index contributed by atoms with van der Waals surface area (Å²) in [5, 5.41) is 6.77. The second-order valence-electron chi connectivity index (χ2n) is 7.01. The number of hydrogen-bond acceptors (Lipinski definition) is 4. The summed E-state index contributed by atoms with van der Waals surface area (Å²) in [6.07, 6.45) is 3.42. The van der Waals surface area contributed by atoms with Crippen molar-refractivity contribution in [2.45, 2.75) is 13.8 Å². The van der Waals surface area contributed by atoms with Gasteiger partial charge in [0.1, 0.15) is 39.1 Å². The number of ketones is 1. The number of aromatic amines is 2. The second kappa shape index (κ2) is 7.32. The Kier molecular flexibility index (Phi) is 4.72. The van der Waals surface area contributed by atoms with Gasteiger partial charge in [0.2, 0.25) is 11.7 Å². The van der Waals surface area contributed by atoms with Gasteiger partial charge in [0.15, 0.2) is 0 Å². The Bertz CT molecular complexity index is 909. The van der Waals surface area contributed by atoms with Crippen LogP contribution in [0.25, 0.3) is 5.95 Å². The molecule has 0 amide bonds. The van der Waals surface area contributed by atoms with Crippen LogP contribution in [0.4, 0.5) is 5.82 Å². The molecule has 4 rings (SSSR count). The molecule has 0 aromatic carbocycles. The smallest absolute Gasteiger partial charge is 0.274 e. The number of quaternary nitrogens is 1. The number of aromatic nitrogens is 5. The van der Waals surface area contributed by atoms with Crippen molar-refractivity contribution in [1.29, 1.82) is 0 Å². The molecule has 0 saturated carbocycles. The molecule has 1 saturated heterocycles. The lowest BCUT2D eigenvalue weighted by Crippen LogP contribution is -3.15. The van der Waals surface area contributed by atoms with Crippen molar-refractivity contribution in [3.05, 3.63) is 53.7 Å². The van der Waals surface area contributed by atoms with E-state index >= 15 is 0 Å². The topological polar surface area (TPSA) is 85.4 Å². The highest BCUT2D eigenvalue weighted by molar-refractivity contribution is 5.98. The molecule has 27 heavy (non-hydrogen) atoms. The molecule has 3 N–H and O–H groups in total. The maximum atomic E-state index is 12.9. The fourth-order valence-corrected chi connectivity index (χ4v) is 3.82. The normalized spacial score (nSPS) is 15.3. The number of piperazine rings is 1. The highest BCUT2D eigenvalue weighted by Gasteiger charge is 2.28. The zero-order valence-electron chi connectivity index (χ0n) is 15.7. The Morgan fingerprint density at radius 1 is 1.30 bits per heavy atom. The van der Waals surface area contributed by atoms with E-state index in [1.807, 2.05) is 42.8 Å². The zero-order valence-corrected chi connectivity index (χ0v) is 15.7. The fourth-order valence-electron chi connectivity index (χ4n) is 3.82. The van der Waals surface area contributed by atoms with Crippen LogP contribution < -0.4 is 14.8 Å². The van der Waals surface area contributed by atoms with Gasteiger partial charge < -0.3 is 4.90 Å². The Labute approximate surface area is 157 Å². The van der Waals surface area contributed by atoms with Crippen LogP contribution in [0.15, 0.2) is 36.8 Å². The van der Waals surface area contributed by atoms with E-state index in [0.29, 0.717) is 12.5 Å². The third-order valence-electron chi connectivity index (χ3n) is 5.26. The molecule has 0 atom stereocenters. The van der Waals surface area contributed by atoms with Gasteiger partial charge in [-0.1, -0.05) is 6.07 Å². The minimum absolute atomic E-state index is 0.184. The molecule has 1 aliphatic rings. The number of Topliss-reactive ketones (excluding diaryl/α,β-unsaturated/α-hetero) is 1. The van der Waals surface area contributed by atoms with Crippen molar-refractivity contribution in [2.24, 2.45) is 0 Å². The number of H-pyrrole nitrogens is 2. The van der Waals surface area contributed by atoms with Crippen LogP contribution in [0.1, 0.15) is 21.7 Å². The van der Waals surface area contributed by atoms with Crippen LogP contribution in [0.5, 0.6) is 0 Å². The molecule has 140 valence electrons. The molecule has 0 bridgehead atoms. The SMILES string of the molecule is Cc1cc(C(=O)C[NH+]2CCN(c3cccc[nH+]3)CC2)c(C)n1-c1ncn[nH]1. The van der Waals surface area contributed by atoms with Crippen molar-refractivity contribution in [2.75, 3.05) is 37.6 Å². The molecule has 4 heterocycles. The number of rotatable bonds is 5. The first kappa shape index (κ1) is 17.4. The quantitative estimate of drug-likeness (QED) is 0.602. The van der Waals surface area contributed by atoms with E-state index < -0.39 is 0 Å². The van der Waals surface area contributed by atoms with Crippen LogP contribution in [-0.2, 0) is 0 Å². The van der Waals surface area contributed by atoms with Crippen molar-refractivity contribution in [1.82, 2.24) is 19.7 Å². The molecule has 0 aliphatic carbocycles. The van der Waals surface area contributed by atoms with E-state index in [-0.39, 0.29) is 5.78 Å². The lowest BCUT2D eigenvalue weighted by molar-refractivity contribution is -0.892. The number of carbonyl (C=O) groups is 1. The Hall–Kier alpha value is -3.00. The number of pyridine rings is 1. The maximum Gasteiger partial charge on any atom is 0.274 e. The molecule has 1 fully saturated rings. The van der Waals surface area contributed by atoms with Crippen molar-refractivity contribution >= 4 is 11.6 Å². The van der Waals surface area contributed by atoms with Crippen molar-refractivity contribution in [3.63, 3.8) is 0 Å². The Morgan fingerprint density at radius 3 is 2.78 bits per heavy atom. The number of anilines is 1.